The van der Waals surface area contributed by atoms with Gasteiger partial charge in [-0.15, -0.1) is 0 Å². The number of hydrogen-bond acceptors (Lipinski definition) is 21. The number of methoxy groups -OCH3 is 1. The van der Waals surface area contributed by atoms with Crippen LogP contribution in [0.1, 0.15) is 106 Å². The van der Waals surface area contributed by atoms with Crippen molar-refractivity contribution in [1.82, 2.24) is 0 Å². The first-order chi connectivity index (χ1) is 32.4. The van der Waals surface area contributed by atoms with E-state index in [1.807, 2.05) is 20.8 Å². The molecular formula is C48H80O21. The zero-order chi connectivity index (χ0) is 50.3. The maximum Gasteiger partial charge on any atom is 0.302 e. The topological polar surface area (TPSA) is 323 Å². The second kappa shape index (κ2) is 20.1. The number of rotatable bonds is 14. The second-order valence-electron chi connectivity index (χ2n) is 22.4. The molecule has 4 aliphatic heterocycles. The van der Waals surface area contributed by atoms with Crippen LogP contribution >= 0.6 is 0 Å². The van der Waals surface area contributed by atoms with Crippen LogP contribution < -0.4 is 0 Å². The van der Waals surface area contributed by atoms with Gasteiger partial charge in [-0.05, 0) is 87.4 Å². The zero-order valence-corrected chi connectivity index (χ0v) is 40.9. The van der Waals surface area contributed by atoms with Crippen molar-refractivity contribution in [1.29, 1.82) is 0 Å². The van der Waals surface area contributed by atoms with Crippen LogP contribution in [-0.2, 0) is 47.4 Å². The maximum absolute atomic E-state index is 13.2. The fraction of sp³-hybridized carbons (Fsp3) is 0.979. The summed E-state index contributed by atoms with van der Waals surface area (Å²) in [5.74, 6) is -1.75. The molecule has 8 fully saturated rings. The third-order valence-corrected chi connectivity index (χ3v) is 19.0. The molecule has 0 aromatic carbocycles. The van der Waals surface area contributed by atoms with Crippen LogP contribution in [-0.4, -0.2) is 210 Å². The highest BCUT2D eigenvalue weighted by molar-refractivity contribution is 5.65. The summed E-state index contributed by atoms with van der Waals surface area (Å²) in [6.07, 6.45) is -18.8. The van der Waals surface area contributed by atoms with Gasteiger partial charge in [0.05, 0.1) is 43.7 Å². The normalized spacial score (nSPS) is 54.5. The van der Waals surface area contributed by atoms with Crippen LogP contribution in [0.2, 0.25) is 0 Å². The van der Waals surface area contributed by atoms with Gasteiger partial charge in [0, 0.05) is 38.2 Å². The van der Waals surface area contributed by atoms with Crippen LogP contribution in [0.4, 0.5) is 0 Å². The number of carbonyl (C=O) groups is 1. The standard InChI is InChI=1S/C48H80O21/c1-21(20-62-24(4)51)10-15-47(61-7)23(3)48(60)31(69-47)17-46(59)28-9-8-25-16-26(11-13-44(25,5)27(28)12-14-45(46,48)6)64-43-40(68-41-36(56)34(54)32(52)22(2)63-41)38(58)39(30(19-50)66-43)67-42-37(57)35(55)33(53)29(18-49)65-42/h21-23,25-43,49-50,52-60H,8-20H2,1-7H3/t21-,22-,23-,25-,26+,27-,28-,29-,30-,31+,32-,33-,34+,35+,36-,37-,38+,39-,40-,41+,42+,43-,44-,45+,46+,47-,48-/m0/s1. The van der Waals surface area contributed by atoms with E-state index < -0.39 is 146 Å². The van der Waals surface area contributed by atoms with Gasteiger partial charge < -0.3 is 98.8 Å². The van der Waals surface area contributed by atoms with E-state index in [0.717, 1.165) is 12.8 Å². The van der Waals surface area contributed by atoms with Gasteiger partial charge in [0.15, 0.2) is 24.7 Å². The lowest BCUT2D eigenvalue weighted by Crippen LogP contribution is -2.67. The second-order valence-corrected chi connectivity index (χ2v) is 22.4. The highest BCUT2D eigenvalue weighted by Gasteiger charge is 2.81. The third-order valence-electron chi connectivity index (χ3n) is 19.0. The molecular weight excluding hydrogens is 913 g/mol. The Morgan fingerprint density at radius 2 is 1.36 bits per heavy atom. The molecule has 4 aliphatic carbocycles. The van der Waals surface area contributed by atoms with Gasteiger partial charge in [-0.25, -0.2) is 0 Å². The van der Waals surface area contributed by atoms with Crippen molar-refractivity contribution in [2.24, 2.45) is 40.4 Å². The Labute approximate surface area is 403 Å². The number of esters is 1. The highest BCUT2D eigenvalue weighted by atomic mass is 16.8. The monoisotopic (exact) mass is 993 g/mol. The lowest BCUT2D eigenvalue weighted by molar-refractivity contribution is -0.390. The van der Waals surface area contributed by atoms with Crippen molar-refractivity contribution in [2.75, 3.05) is 26.9 Å². The number of aliphatic hydroxyl groups excluding tert-OH is 9. The molecule has 4 heterocycles. The average Bonchev–Trinajstić information content (AvgIpc) is 3.64. The van der Waals surface area contributed by atoms with Gasteiger partial charge in [-0.1, -0.05) is 27.7 Å². The van der Waals surface area contributed by atoms with Crippen molar-refractivity contribution in [3.05, 3.63) is 0 Å². The van der Waals surface area contributed by atoms with Gasteiger partial charge in [-0.2, -0.15) is 0 Å². The van der Waals surface area contributed by atoms with Gasteiger partial charge in [0.1, 0.15) is 72.7 Å². The predicted octanol–water partition coefficient (Wildman–Crippen LogP) is -1.30. The molecule has 0 bridgehead atoms. The Hall–Kier alpha value is -1.29. The third kappa shape index (κ3) is 8.85. The van der Waals surface area contributed by atoms with Crippen LogP contribution in [0, 0.1) is 40.4 Å². The van der Waals surface area contributed by atoms with Gasteiger partial charge in [0.2, 0.25) is 0 Å². The molecule has 0 aromatic rings. The molecule has 0 spiro atoms. The molecule has 21 nitrogen and oxygen atoms in total. The van der Waals surface area contributed by atoms with E-state index in [0.29, 0.717) is 44.9 Å². The molecule has 21 heteroatoms. The molecule has 27 atom stereocenters. The van der Waals surface area contributed by atoms with Gasteiger partial charge in [-0.3, -0.25) is 4.79 Å². The largest absolute Gasteiger partial charge is 0.466 e. The lowest BCUT2D eigenvalue weighted by Gasteiger charge is -2.64. The van der Waals surface area contributed by atoms with Crippen molar-refractivity contribution >= 4 is 5.97 Å². The summed E-state index contributed by atoms with van der Waals surface area (Å²) >= 11 is 0. The van der Waals surface area contributed by atoms with E-state index in [-0.39, 0.29) is 48.1 Å². The number of aliphatic hydroxyl groups is 11. The smallest absolute Gasteiger partial charge is 0.302 e. The SMILES string of the molecule is CO[C@@]1(CC[C@H](C)COC(C)=O)O[C@@H]2C[C@@]3(O)[C@H]4CC[C@H]5C[C@H](O[C@H]6O[C@@H](CO)[C@H](O[C@H]7O[C@@H](CO)[C@H](O)[C@@H](O)[C@@H]7O)[C@@H](O)[C@@H]6O[C@H]6O[C@@H](C)[C@H](O)[C@@H](O)[C@@H]6O)CC[C@]5(C)[C@H]4CC[C@@]3(C)[C@]2(O)[C@H]1C. The first-order valence-electron chi connectivity index (χ1n) is 25.2. The fourth-order valence-corrected chi connectivity index (χ4v) is 14.6. The summed E-state index contributed by atoms with van der Waals surface area (Å²) in [4.78, 5) is 11.5. The van der Waals surface area contributed by atoms with Crippen LogP contribution in [0.5, 0.6) is 0 Å². The summed E-state index contributed by atoms with van der Waals surface area (Å²) in [6, 6.07) is 0. The molecule has 4 saturated carbocycles. The van der Waals surface area contributed by atoms with E-state index in [1.54, 1.807) is 7.11 Å². The maximum atomic E-state index is 13.2. The molecule has 8 aliphatic rings. The van der Waals surface area contributed by atoms with Crippen LogP contribution in [0.3, 0.4) is 0 Å². The Morgan fingerprint density at radius 3 is 2.01 bits per heavy atom. The van der Waals surface area contributed by atoms with Crippen molar-refractivity contribution in [3.63, 3.8) is 0 Å². The molecule has 69 heavy (non-hydrogen) atoms. The van der Waals surface area contributed by atoms with E-state index in [4.69, 9.17) is 42.6 Å². The van der Waals surface area contributed by atoms with Crippen molar-refractivity contribution in [3.8, 4) is 0 Å². The van der Waals surface area contributed by atoms with E-state index in [2.05, 4.69) is 6.92 Å². The van der Waals surface area contributed by atoms with Gasteiger partial charge >= 0.3 is 5.97 Å². The number of fused-ring (bicyclic) bond motifs is 7. The predicted molar refractivity (Wildman–Crippen MR) is 235 cm³/mol. The molecule has 0 radical (unpaired) electrons. The number of hydrogen-bond donors (Lipinski definition) is 11. The molecule has 4 saturated heterocycles. The fourth-order valence-electron chi connectivity index (χ4n) is 14.6. The summed E-state index contributed by atoms with van der Waals surface area (Å²) in [6.45, 7) is 9.88. The summed E-state index contributed by atoms with van der Waals surface area (Å²) in [7, 11) is 1.60. The summed E-state index contributed by atoms with van der Waals surface area (Å²) in [5.41, 5.74) is -3.74. The van der Waals surface area contributed by atoms with Gasteiger partial charge in [0.25, 0.3) is 0 Å². The minimum absolute atomic E-state index is 0.0419. The Morgan fingerprint density at radius 1 is 0.725 bits per heavy atom. The number of carbonyl (C=O) groups excluding carboxylic acids is 1. The highest BCUT2D eigenvalue weighted by Crippen LogP contribution is 2.74. The molecule has 398 valence electrons. The Bertz CT molecular complexity index is 1780. The molecule has 8 rings (SSSR count). The molecule has 0 unspecified atom stereocenters. The average molecular weight is 993 g/mol. The van der Waals surface area contributed by atoms with E-state index in [1.165, 1.54) is 13.8 Å². The number of ether oxygens (including phenoxy) is 9. The minimum atomic E-state index is -1.86. The van der Waals surface area contributed by atoms with Crippen LogP contribution in [0.15, 0.2) is 0 Å². The molecule has 11 N–H and O–H groups in total. The van der Waals surface area contributed by atoms with Crippen molar-refractivity contribution < 1.29 is 104 Å². The Balaban J connectivity index is 0.976. The molecule has 0 amide bonds. The van der Waals surface area contributed by atoms with E-state index in [9.17, 15) is 61.0 Å². The first kappa shape index (κ1) is 54.0. The summed E-state index contributed by atoms with van der Waals surface area (Å²) < 4.78 is 54.5. The molecule has 0 aromatic heterocycles. The summed E-state index contributed by atoms with van der Waals surface area (Å²) in [5, 5.41) is 122. The zero-order valence-electron chi connectivity index (χ0n) is 40.9. The Kier molecular flexibility index (Phi) is 15.7. The minimum Gasteiger partial charge on any atom is -0.466 e. The van der Waals surface area contributed by atoms with E-state index >= 15 is 0 Å². The van der Waals surface area contributed by atoms with Crippen molar-refractivity contribution in [2.45, 2.75) is 227 Å². The first-order valence-corrected chi connectivity index (χ1v) is 25.2. The van der Waals surface area contributed by atoms with Crippen LogP contribution in [0.25, 0.3) is 0 Å². The quantitative estimate of drug-likeness (QED) is 0.0712. The lowest BCUT2D eigenvalue weighted by atomic mass is 9.42.